The second-order valence-corrected chi connectivity index (χ2v) is 3.98. The molecule has 0 aromatic heterocycles. The summed E-state index contributed by atoms with van der Waals surface area (Å²) in [4.78, 5) is 0. The standard InChI is InChI=1S/C9H12O.C6H11N/c1-6-4-7(2)9(10)8(3)5-6;1-3-5-7-6-4-2/h4-5,10H,1-3H3;3-4,7H,1-2,5-6H2. The first-order chi connectivity index (χ1) is 8.02. The Labute approximate surface area is 105 Å². The molecule has 0 unspecified atom stereocenters. The quantitative estimate of drug-likeness (QED) is 0.618. The molecule has 0 heterocycles. The number of rotatable bonds is 4. The fourth-order valence-electron chi connectivity index (χ4n) is 1.46. The van der Waals surface area contributed by atoms with E-state index in [2.05, 4.69) is 18.5 Å². The number of phenols is 1. The molecule has 0 aliphatic heterocycles. The van der Waals surface area contributed by atoms with Crippen LogP contribution in [0.5, 0.6) is 5.75 Å². The summed E-state index contributed by atoms with van der Waals surface area (Å²) in [5.74, 6) is 0.422. The zero-order valence-corrected chi connectivity index (χ0v) is 11.1. The molecule has 1 aromatic carbocycles. The van der Waals surface area contributed by atoms with E-state index in [0.29, 0.717) is 5.75 Å². The zero-order valence-electron chi connectivity index (χ0n) is 11.1. The minimum Gasteiger partial charge on any atom is -0.507 e. The molecule has 0 aliphatic rings. The highest BCUT2D eigenvalue weighted by Crippen LogP contribution is 2.21. The van der Waals surface area contributed by atoms with Crippen molar-refractivity contribution in [2.24, 2.45) is 0 Å². The SMILES string of the molecule is C=CCNCC=C.Cc1cc(C)c(O)c(C)c1. The number of hydrogen-bond acceptors (Lipinski definition) is 2. The van der Waals surface area contributed by atoms with Gasteiger partial charge in [0.15, 0.2) is 0 Å². The molecule has 0 bridgehead atoms. The Morgan fingerprint density at radius 3 is 1.82 bits per heavy atom. The molecule has 1 aromatic rings. The summed E-state index contributed by atoms with van der Waals surface area (Å²) < 4.78 is 0. The average Bonchev–Trinajstić information content (AvgIpc) is 2.27. The van der Waals surface area contributed by atoms with Gasteiger partial charge in [-0.1, -0.05) is 29.8 Å². The van der Waals surface area contributed by atoms with E-state index in [1.807, 2.05) is 45.1 Å². The summed E-state index contributed by atoms with van der Waals surface area (Å²) >= 11 is 0. The maximum atomic E-state index is 9.33. The van der Waals surface area contributed by atoms with Crippen molar-refractivity contribution in [1.82, 2.24) is 5.32 Å². The Morgan fingerprint density at radius 1 is 1.06 bits per heavy atom. The minimum atomic E-state index is 0.422. The fourth-order valence-corrected chi connectivity index (χ4v) is 1.46. The van der Waals surface area contributed by atoms with E-state index in [4.69, 9.17) is 0 Å². The van der Waals surface area contributed by atoms with Gasteiger partial charge < -0.3 is 10.4 Å². The van der Waals surface area contributed by atoms with Gasteiger partial charge in [0.2, 0.25) is 0 Å². The molecule has 0 spiro atoms. The molecular formula is C15H23NO. The van der Waals surface area contributed by atoms with Crippen LogP contribution in [-0.2, 0) is 0 Å². The summed E-state index contributed by atoms with van der Waals surface area (Å²) in [6, 6.07) is 3.95. The van der Waals surface area contributed by atoms with Gasteiger partial charge in [-0.05, 0) is 31.9 Å². The van der Waals surface area contributed by atoms with Crippen LogP contribution in [0.1, 0.15) is 16.7 Å². The first kappa shape index (κ1) is 15.5. The van der Waals surface area contributed by atoms with Gasteiger partial charge in [-0.25, -0.2) is 0 Å². The molecule has 0 saturated heterocycles. The predicted octanol–water partition coefficient (Wildman–Crippen LogP) is 3.27. The van der Waals surface area contributed by atoms with E-state index in [1.54, 1.807) is 0 Å². The van der Waals surface area contributed by atoms with Crippen molar-refractivity contribution in [3.05, 3.63) is 54.1 Å². The van der Waals surface area contributed by atoms with Crippen LogP contribution in [0.4, 0.5) is 0 Å². The Balaban J connectivity index is 0.000000325. The van der Waals surface area contributed by atoms with Crippen LogP contribution < -0.4 is 5.32 Å². The lowest BCUT2D eigenvalue weighted by molar-refractivity contribution is 0.466. The highest BCUT2D eigenvalue weighted by molar-refractivity contribution is 5.41. The number of aromatic hydroxyl groups is 1. The normalized spacial score (nSPS) is 9.12. The van der Waals surface area contributed by atoms with Crippen LogP contribution in [0.3, 0.4) is 0 Å². The van der Waals surface area contributed by atoms with Crippen molar-refractivity contribution < 1.29 is 5.11 Å². The van der Waals surface area contributed by atoms with Crippen LogP contribution in [-0.4, -0.2) is 18.2 Å². The molecule has 2 nitrogen and oxygen atoms in total. The first-order valence-corrected chi connectivity index (χ1v) is 5.72. The average molecular weight is 233 g/mol. The van der Waals surface area contributed by atoms with Gasteiger partial charge in [0, 0.05) is 13.1 Å². The maximum absolute atomic E-state index is 9.33. The number of benzene rings is 1. The minimum absolute atomic E-state index is 0.422. The van der Waals surface area contributed by atoms with Gasteiger partial charge in [-0.15, -0.1) is 13.2 Å². The van der Waals surface area contributed by atoms with E-state index in [1.165, 1.54) is 5.56 Å². The smallest absolute Gasteiger partial charge is 0.121 e. The lowest BCUT2D eigenvalue weighted by Crippen LogP contribution is -2.11. The van der Waals surface area contributed by atoms with Crippen molar-refractivity contribution in [1.29, 1.82) is 0 Å². The fraction of sp³-hybridized carbons (Fsp3) is 0.333. The molecule has 1 rings (SSSR count). The van der Waals surface area contributed by atoms with Crippen molar-refractivity contribution in [3.63, 3.8) is 0 Å². The number of nitrogens with one attached hydrogen (secondary N) is 1. The van der Waals surface area contributed by atoms with E-state index in [0.717, 1.165) is 24.2 Å². The summed E-state index contributed by atoms with van der Waals surface area (Å²) in [7, 11) is 0. The first-order valence-electron chi connectivity index (χ1n) is 5.72. The van der Waals surface area contributed by atoms with Crippen LogP contribution in [0.2, 0.25) is 0 Å². The summed E-state index contributed by atoms with van der Waals surface area (Å²) in [6.07, 6.45) is 3.65. The third-order valence-electron chi connectivity index (χ3n) is 2.21. The molecule has 17 heavy (non-hydrogen) atoms. The van der Waals surface area contributed by atoms with Gasteiger partial charge >= 0.3 is 0 Å². The molecule has 0 atom stereocenters. The molecule has 0 saturated carbocycles. The summed E-state index contributed by atoms with van der Waals surface area (Å²) in [5.41, 5.74) is 3.11. The lowest BCUT2D eigenvalue weighted by atomic mass is 10.1. The number of aryl methyl sites for hydroxylation is 3. The molecular weight excluding hydrogens is 210 g/mol. The highest BCUT2D eigenvalue weighted by atomic mass is 16.3. The Morgan fingerprint density at radius 2 is 1.47 bits per heavy atom. The molecule has 2 heteroatoms. The van der Waals surface area contributed by atoms with Gasteiger partial charge in [0.05, 0.1) is 0 Å². The van der Waals surface area contributed by atoms with Gasteiger partial charge in [0.25, 0.3) is 0 Å². The Bertz CT molecular complexity index is 338. The molecule has 0 fully saturated rings. The molecule has 2 N–H and O–H groups in total. The monoisotopic (exact) mass is 233 g/mol. The zero-order chi connectivity index (χ0) is 13.3. The van der Waals surface area contributed by atoms with E-state index in [9.17, 15) is 5.11 Å². The molecule has 94 valence electrons. The van der Waals surface area contributed by atoms with E-state index in [-0.39, 0.29) is 0 Å². The third kappa shape index (κ3) is 6.59. The van der Waals surface area contributed by atoms with Crippen molar-refractivity contribution in [2.45, 2.75) is 20.8 Å². The Hall–Kier alpha value is -1.54. The largest absolute Gasteiger partial charge is 0.507 e. The van der Waals surface area contributed by atoms with Crippen molar-refractivity contribution >= 4 is 0 Å². The molecule has 0 amide bonds. The molecule has 0 aliphatic carbocycles. The highest BCUT2D eigenvalue weighted by Gasteiger charge is 1.98. The summed E-state index contributed by atoms with van der Waals surface area (Å²) in [6.45, 7) is 14.7. The van der Waals surface area contributed by atoms with Crippen molar-refractivity contribution in [2.75, 3.05) is 13.1 Å². The Kier molecular flexibility index (Phi) is 7.82. The van der Waals surface area contributed by atoms with Crippen LogP contribution in [0.15, 0.2) is 37.4 Å². The van der Waals surface area contributed by atoms with Crippen LogP contribution in [0.25, 0.3) is 0 Å². The second-order valence-electron chi connectivity index (χ2n) is 3.98. The van der Waals surface area contributed by atoms with Crippen molar-refractivity contribution in [3.8, 4) is 5.75 Å². The van der Waals surface area contributed by atoms with Crippen LogP contribution >= 0.6 is 0 Å². The lowest BCUT2D eigenvalue weighted by Gasteiger charge is -2.03. The number of hydrogen-bond donors (Lipinski definition) is 2. The molecule has 0 radical (unpaired) electrons. The van der Waals surface area contributed by atoms with Gasteiger partial charge in [-0.2, -0.15) is 0 Å². The number of phenolic OH excluding ortho intramolecular Hbond substituents is 1. The van der Waals surface area contributed by atoms with E-state index < -0.39 is 0 Å². The maximum Gasteiger partial charge on any atom is 0.121 e. The summed E-state index contributed by atoms with van der Waals surface area (Å²) in [5, 5.41) is 12.4. The van der Waals surface area contributed by atoms with Crippen LogP contribution in [0, 0.1) is 20.8 Å². The third-order valence-corrected chi connectivity index (χ3v) is 2.21. The topological polar surface area (TPSA) is 32.3 Å². The predicted molar refractivity (Wildman–Crippen MR) is 75.6 cm³/mol. The van der Waals surface area contributed by atoms with E-state index >= 15 is 0 Å². The van der Waals surface area contributed by atoms with Gasteiger partial charge in [0.1, 0.15) is 5.75 Å². The van der Waals surface area contributed by atoms with Gasteiger partial charge in [-0.3, -0.25) is 0 Å². The second kappa shape index (κ2) is 8.59.